The molecule has 0 aromatic heterocycles. The van der Waals surface area contributed by atoms with E-state index >= 15 is 0 Å². The van der Waals surface area contributed by atoms with Gasteiger partial charge in [0.1, 0.15) is 0 Å². The van der Waals surface area contributed by atoms with E-state index in [1.54, 1.807) is 11.1 Å². The van der Waals surface area contributed by atoms with Crippen LogP contribution in [0.3, 0.4) is 0 Å². The van der Waals surface area contributed by atoms with Crippen molar-refractivity contribution in [1.29, 1.82) is 0 Å². The van der Waals surface area contributed by atoms with Gasteiger partial charge in [0.25, 0.3) is 0 Å². The second-order valence-corrected chi connectivity index (χ2v) is 20.1. The standard InChI is InChI=1S/2C9H11.C2H6Si.2ClH.Ti/c2*1-2-5-9-7-3-6-8(9)4-1;1-3-2;;;/h2*3,6-7H,1-2,4-5H2;1-2H3;2*1H;/q;;;;;+2/p-2. The van der Waals surface area contributed by atoms with Crippen LogP contribution in [-0.4, -0.2) is 6.19 Å². The molecule has 0 unspecified atom stereocenters. The maximum absolute atomic E-state index is 2.66. The monoisotopic (exact) mass is 414 g/mol. The molecule has 0 spiro atoms. The van der Waals surface area contributed by atoms with E-state index in [2.05, 4.69) is 37.4 Å². The van der Waals surface area contributed by atoms with E-state index in [-0.39, 0.29) is 31.0 Å². The van der Waals surface area contributed by atoms with Gasteiger partial charge < -0.3 is 24.8 Å². The molecule has 0 aromatic rings. The molecule has 0 radical (unpaired) electrons. The van der Waals surface area contributed by atoms with Gasteiger partial charge in [0.15, 0.2) is 0 Å². The summed E-state index contributed by atoms with van der Waals surface area (Å²) >= 11 is -1.12. The summed E-state index contributed by atoms with van der Waals surface area (Å²) in [6.45, 7) is 5.26. The minimum absolute atomic E-state index is 0. The number of allylic oxidation sites excluding steroid dienone is 8. The van der Waals surface area contributed by atoms with Crippen LogP contribution in [0.25, 0.3) is 0 Å². The van der Waals surface area contributed by atoms with Crippen LogP contribution in [0.15, 0.2) is 46.6 Å². The van der Waals surface area contributed by atoms with Crippen molar-refractivity contribution in [3.63, 3.8) is 0 Å². The van der Waals surface area contributed by atoms with Crippen LogP contribution in [-0.2, 0) is 16.6 Å². The smallest absolute Gasteiger partial charge is 1.00 e. The second kappa shape index (κ2) is 8.91. The fourth-order valence-corrected chi connectivity index (χ4v) is 18.1. The molecule has 0 saturated carbocycles. The molecule has 0 saturated heterocycles. The molecule has 24 heavy (non-hydrogen) atoms. The summed E-state index contributed by atoms with van der Waals surface area (Å²) in [4.78, 5) is 0. The van der Waals surface area contributed by atoms with Gasteiger partial charge in [-0.25, -0.2) is 0 Å². The van der Waals surface area contributed by atoms with Crippen molar-refractivity contribution in [3.8, 4) is 0 Å². The SMILES string of the molecule is C[Si](C)=[Ti+2]([C@@H]1C=CC2=C1CCCC2)[C@H]1C=CC2=C1CCCC2.[Cl-].[Cl-]. The topological polar surface area (TPSA) is 0 Å². The van der Waals surface area contributed by atoms with Gasteiger partial charge in [0.2, 0.25) is 0 Å². The fourth-order valence-electron chi connectivity index (χ4n) is 5.05. The van der Waals surface area contributed by atoms with E-state index in [0.29, 0.717) is 0 Å². The van der Waals surface area contributed by atoms with Crippen LogP contribution in [0.2, 0.25) is 21.5 Å². The molecule has 0 heterocycles. The zero-order valence-corrected chi connectivity index (χ0v) is 19.0. The molecule has 130 valence electrons. The van der Waals surface area contributed by atoms with Crippen molar-refractivity contribution in [2.45, 2.75) is 72.9 Å². The first-order valence-corrected chi connectivity index (χ1v) is 15.9. The summed E-state index contributed by atoms with van der Waals surface area (Å²) in [6.07, 6.45) is 21.6. The van der Waals surface area contributed by atoms with Gasteiger partial charge in [-0.2, -0.15) is 0 Å². The number of rotatable bonds is 2. The molecule has 0 fully saturated rings. The van der Waals surface area contributed by atoms with Crippen molar-refractivity contribution in [2.24, 2.45) is 0 Å². The first-order valence-electron chi connectivity index (χ1n) is 9.23. The maximum Gasteiger partial charge on any atom is -1.00 e. The Morgan fingerprint density at radius 3 is 1.58 bits per heavy atom. The Kier molecular flexibility index (Phi) is 7.71. The Labute approximate surface area is 166 Å². The fraction of sp³-hybridized carbons (Fsp3) is 0.600. The van der Waals surface area contributed by atoms with E-state index in [0.717, 1.165) is 8.45 Å². The van der Waals surface area contributed by atoms with Crippen molar-refractivity contribution < 1.29 is 41.4 Å². The predicted molar refractivity (Wildman–Crippen MR) is 94.3 cm³/mol. The van der Waals surface area contributed by atoms with Crippen LogP contribution in [0, 0.1) is 0 Å². The molecule has 0 N–H and O–H groups in total. The van der Waals surface area contributed by atoms with Gasteiger partial charge in [-0.1, -0.05) is 0 Å². The van der Waals surface area contributed by atoms with E-state index in [9.17, 15) is 0 Å². The molecule has 4 rings (SSSR count). The third-order valence-electron chi connectivity index (χ3n) is 6.09. The molecule has 0 amide bonds. The van der Waals surface area contributed by atoms with Crippen molar-refractivity contribution in [1.82, 2.24) is 0 Å². The third-order valence-corrected chi connectivity index (χ3v) is 19.0. The summed E-state index contributed by atoms with van der Waals surface area (Å²) < 4.78 is 1.87. The molecule has 2 atom stereocenters. The zero-order valence-electron chi connectivity index (χ0n) is 14.9. The maximum atomic E-state index is 2.66. The van der Waals surface area contributed by atoms with E-state index in [4.69, 9.17) is 0 Å². The zero-order chi connectivity index (χ0) is 15.1. The largest absolute Gasteiger partial charge is 1.00 e. The third kappa shape index (κ3) is 3.76. The summed E-state index contributed by atoms with van der Waals surface area (Å²) in [6, 6.07) is 0. The Balaban J connectivity index is 0.00000104. The Morgan fingerprint density at radius 1 is 0.750 bits per heavy atom. The molecule has 4 aliphatic carbocycles. The second-order valence-electron chi connectivity index (χ2n) is 7.64. The van der Waals surface area contributed by atoms with Crippen molar-refractivity contribution >= 4 is 6.19 Å². The van der Waals surface area contributed by atoms with E-state index in [1.807, 2.05) is 11.1 Å². The Morgan fingerprint density at radius 2 is 1.17 bits per heavy atom. The van der Waals surface area contributed by atoms with Gasteiger partial charge in [-0.15, -0.1) is 0 Å². The van der Waals surface area contributed by atoms with Crippen molar-refractivity contribution in [2.75, 3.05) is 0 Å². The molecular formula is C20H28Cl2SiTi. The summed E-state index contributed by atoms with van der Waals surface area (Å²) in [5.74, 6) is 0. The van der Waals surface area contributed by atoms with Crippen LogP contribution < -0.4 is 24.8 Å². The average Bonchev–Trinajstić information content (AvgIpc) is 3.13. The number of hydrogen-bond donors (Lipinski definition) is 0. The molecule has 4 aliphatic rings. The summed E-state index contributed by atoms with van der Waals surface area (Å²) in [5.41, 5.74) is 7.32. The molecule has 0 bridgehead atoms. The average molecular weight is 415 g/mol. The van der Waals surface area contributed by atoms with E-state index in [1.165, 1.54) is 51.4 Å². The minimum Gasteiger partial charge on any atom is -1.00 e. The van der Waals surface area contributed by atoms with Crippen molar-refractivity contribution in [3.05, 3.63) is 46.6 Å². The van der Waals surface area contributed by atoms with Gasteiger partial charge in [-0.3, -0.25) is 0 Å². The normalized spacial score (nSPS) is 27.0. The van der Waals surface area contributed by atoms with E-state index < -0.39 is 16.6 Å². The molecule has 4 heteroatoms. The number of hydrogen-bond acceptors (Lipinski definition) is 0. The summed E-state index contributed by atoms with van der Waals surface area (Å²) in [5, 5.41) is 0. The first-order chi connectivity index (χ1) is 10.8. The Hall–Kier alpha value is 0.471. The van der Waals surface area contributed by atoms with Gasteiger partial charge in [-0.05, 0) is 0 Å². The van der Waals surface area contributed by atoms with Gasteiger partial charge in [0, 0.05) is 0 Å². The Bertz CT molecular complexity index is 601. The molecule has 0 nitrogen and oxygen atoms in total. The van der Waals surface area contributed by atoms with Crippen LogP contribution in [0.4, 0.5) is 0 Å². The van der Waals surface area contributed by atoms with Crippen LogP contribution in [0.5, 0.6) is 0 Å². The van der Waals surface area contributed by atoms with Crippen LogP contribution in [0.1, 0.15) is 51.4 Å². The first kappa shape index (κ1) is 20.8. The predicted octanol–water partition coefficient (Wildman–Crippen LogP) is 0.322. The molecule has 0 aromatic carbocycles. The minimum atomic E-state index is -1.12. The molecule has 0 aliphatic heterocycles. The summed E-state index contributed by atoms with van der Waals surface area (Å²) in [7, 11) is 0. The van der Waals surface area contributed by atoms with Gasteiger partial charge in [0.05, 0.1) is 0 Å². The quantitative estimate of drug-likeness (QED) is 0.571. The number of halogens is 2. The molecular weight excluding hydrogens is 387 g/mol. The van der Waals surface area contributed by atoms with Crippen LogP contribution >= 0.6 is 0 Å². The van der Waals surface area contributed by atoms with Gasteiger partial charge >= 0.3 is 142 Å².